The van der Waals surface area contributed by atoms with E-state index in [1.54, 1.807) is 12.3 Å². The fraction of sp³-hybridized carbons (Fsp3) is 0.409. The number of aromatic amines is 1. The van der Waals surface area contributed by atoms with Gasteiger partial charge in [-0.25, -0.2) is 4.79 Å². The van der Waals surface area contributed by atoms with Crippen molar-refractivity contribution < 1.29 is 34.2 Å². The third-order valence-corrected chi connectivity index (χ3v) is 5.31. The molecule has 0 fully saturated rings. The van der Waals surface area contributed by atoms with Crippen LogP contribution in [0.2, 0.25) is 0 Å². The van der Waals surface area contributed by atoms with Crippen molar-refractivity contribution in [2.75, 3.05) is 6.61 Å². The average Bonchev–Trinajstić information content (AvgIpc) is 3.22. The first-order chi connectivity index (χ1) is 16.5. The number of aromatic nitrogens is 1. The Balaban J connectivity index is 2.23. The summed E-state index contributed by atoms with van der Waals surface area (Å²) in [7, 11) is 0. The highest BCUT2D eigenvalue weighted by molar-refractivity contribution is 5.94. The summed E-state index contributed by atoms with van der Waals surface area (Å²) in [5, 5.41) is 26.4. The van der Waals surface area contributed by atoms with Crippen LogP contribution in [0.3, 0.4) is 0 Å². The Morgan fingerprint density at radius 3 is 2.29 bits per heavy atom. The van der Waals surface area contributed by atoms with Crippen molar-refractivity contribution in [1.29, 1.82) is 0 Å². The van der Waals surface area contributed by atoms with Crippen LogP contribution in [-0.4, -0.2) is 75.6 Å². The minimum Gasteiger partial charge on any atom is -0.480 e. The summed E-state index contributed by atoms with van der Waals surface area (Å²) in [5.41, 5.74) is 12.0. The molecule has 0 radical (unpaired) electrons. The second-order valence-electron chi connectivity index (χ2n) is 8.05. The number of nitrogens with one attached hydrogen (secondary N) is 4. The van der Waals surface area contributed by atoms with E-state index in [-0.39, 0.29) is 19.3 Å². The molecule has 0 spiro atoms. The number of hydrogen-bond acceptors (Lipinski definition) is 7. The Labute approximate surface area is 200 Å². The topological polar surface area (TPSA) is 230 Å². The predicted molar refractivity (Wildman–Crippen MR) is 125 cm³/mol. The van der Waals surface area contributed by atoms with Gasteiger partial charge in [0.1, 0.15) is 24.2 Å². The van der Waals surface area contributed by atoms with E-state index < -0.39 is 60.4 Å². The lowest BCUT2D eigenvalue weighted by atomic mass is 10.0. The number of benzene rings is 1. The van der Waals surface area contributed by atoms with Gasteiger partial charge in [-0.3, -0.25) is 19.2 Å². The minimum atomic E-state index is -1.41. The summed E-state index contributed by atoms with van der Waals surface area (Å²) in [5.74, 6) is -4.38. The number of carbonyl (C=O) groups is 5. The fourth-order valence-corrected chi connectivity index (χ4v) is 3.31. The van der Waals surface area contributed by atoms with E-state index in [9.17, 15) is 29.1 Å². The molecule has 13 heteroatoms. The molecule has 4 atom stereocenters. The number of aliphatic hydroxyl groups excluding tert-OH is 1. The van der Waals surface area contributed by atoms with Crippen LogP contribution in [0.4, 0.5) is 0 Å². The minimum absolute atomic E-state index is 0.000561. The number of carbonyl (C=O) groups excluding carboxylic acids is 4. The summed E-state index contributed by atoms with van der Waals surface area (Å²) in [6.07, 6.45) is 1.19. The summed E-state index contributed by atoms with van der Waals surface area (Å²) in [4.78, 5) is 63.4. The Morgan fingerprint density at radius 1 is 1.00 bits per heavy atom. The fourth-order valence-electron chi connectivity index (χ4n) is 3.31. The molecule has 0 aliphatic heterocycles. The van der Waals surface area contributed by atoms with Crippen molar-refractivity contribution in [1.82, 2.24) is 20.9 Å². The molecule has 2 rings (SSSR count). The van der Waals surface area contributed by atoms with E-state index >= 15 is 0 Å². The molecular weight excluding hydrogens is 460 g/mol. The van der Waals surface area contributed by atoms with Gasteiger partial charge < -0.3 is 42.6 Å². The van der Waals surface area contributed by atoms with Gasteiger partial charge in [0.05, 0.1) is 6.61 Å². The molecule has 4 amide bonds. The lowest BCUT2D eigenvalue weighted by Gasteiger charge is -2.23. The summed E-state index contributed by atoms with van der Waals surface area (Å²) < 4.78 is 0. The van der Waals surface area contributed by atoms with E-state index in [2.05, 4.69) is 20.9 Å². The van der Waals surface area contributed by atoms with Gasteiger partial charge in [-0.15, -0.1) is 0 Å². The van der Waals surface area contributed by atoms with Crippen molar-refractivity contribution in [2.24, 2.45) is 11.5 Å². The predicted octanol–water partition coefficient (Wildman–Crippen LogP) is -2.15. The van der Waals surface area contributed by atoms with Gasteiger partial charge in [-0.2, -0.15) is 0 Å². The van der Waals surface area contributed by atoms with Crippen LogP contribution < -0.4 is 27.4 Å². The van der Waals surface area contributed by atoms with Crippen molar-refractivity contribution >= 4 is 40.5 Å². The first kappa shape index (κ1) is 27.3. The molecule has 1 aromatic heterocycles. The molecule has 10 N–H and O–H groups in total. The number of amides is 4. The van der Waals surface area contributed by atoms with E-state index in [1.807, 2.05) is 18.2 Å². The van der Waals surface area contributed by atoms with Crippen LogP contribution >= 0.6 is 0 Å². The van der Waals surface area contributed by atoms with Crippen molar-refractivity contribution in [2.45, 2.75) is 50.4 Å². The number of para-hydroxylation sites is 1. The van der Waals surface area contributed by atoms with Crippen LogP contribution in [0, 0.1) is 0 Å². The van der Waals surface area contributed by atoms with Crippen LogP contribution in [0.15, 0.2) is 30.5 Å². The summed E-state index contributed by atoms with van der Waals surface area (Å²) in [6.45, 7) is 0.749. The number of rotatable bonds is 13. The van der Waals surface area contributed by atoms with Crippen LogP contribution in [0.5, 0.6) is 0 Å². The Morgan fingerprint density at radius 2 is 1.66 bits per heavy atom. The number of aliphatic hydroxyl groups is 1. The van der Waals surface area contributed by atoms with E-state index in [0.29, 0.717) is 5.56 Å². The maximum atomic E-state index is 13.0. The third kappa shape index (κ3) is 7.79. The SMILES string of the molecule is CC(NC(=O)C(N)CO)C(=O)NC(Cc1c[nH]c2ccccc12)C(=O)NC(CCC(N)=O)C(=O)O. The maximum absolute atomic E-state index is 13.0. The first-order valence-corrected chi connectivity index (χ1v) is 10.9. The highest BCUT2D eigenvalue weighted by atomic mass is 16.4. The summed E-state index contributed by atoms with van der Waals surface area (Å²) >= 11 is 0. The molecule has 0 saturated heterocycles. The Bertz CT molecular complexity index is 1090. The molecule has 1 aromatic carbocycles. The van der Waals surface area contributed by atoms with Crippen LogP contribution in [0.1, 0.15) is 25.3 Å². The number of hydrogen-bond donors (Lipinski definition) is 8. The van der Waals surface area contributed by atoms with E-state index in [4.69, 9.17) is 16.6 Å². The normalized spacial score (nSPS) is 14.4. The molecule has 2 aromatic rings. The zero-order valence-corrected chi connectivity index (χ0v) is 19.1. The smallest absolute Gasteiger partial charge is 0.326 e. The average molecular weight is 491 g/mol. The number of primary amides is 1. The Kier molecular flexibility index (Phi) is 9.73. The number of H-pyrrole nitrogens is 1. The molecule has 4 unspecified atom stereocenters. The standard InChI is InChI=1S/C22H30N6O7/c1-11(26-20(32)14(23)10-29)19(31)28-17(8-12-9-25-15-5-3-2-4-13(12)15)21(33)27-16(22(34)35)6-7-18(24)30/h2-5,9,11,14,16-17,25,29H,6-8,10,23H2,1H3,(H2,24,30)(H,26,32)(H,27,33)(H,28,31)(H,34,35). The van der Waals surface area contributed by atoms with Gasteiger partial charge in [0.25, 0.3) is 0 Å². The van der Waals surface area contributed by atoms with Gasteiger partial charge in [0.15, 0.2) is 0 Å². The summed E-state index contributed by atoms with van der Waals surface area (Å²) in [6, 6.07) is 2.33. The number of aliphatic carboxylic acids is 1. The van der Waals surface area contributed by atoms with Gasteiger partial charge in [-0.05, 0) is 25.0 Å². The van der Waals surface area contributed by atoms with Crippen LogP contribution in [-0.2, 0) is 30.4 Å². The molecule has 1 heterocycles. The van der Waals surface area contributed by atoms with E-state index in [0.717, 1.165) is 10.9 Å². The molecule has 0 aliphatic rings. The second kappa shape index (κ2) is 12.5. The monoisotopic (exact) mass is 490 g/mol. The highest BCUT2D eigenvalue weighted by Crippen LogP contribution is 2.19. The van der Waals surface area contributed by atoms with Crippen molar-refractivity contribution in [3.05, 3.63) is 36.0 Å². The number of carboxylic acids is 1. The first-order valence-electron chi connectivity index (χ1n) is 10.9. The molecular formula is C22H30N6O7. The number of fused-ring (bicyclic) bond motifs is 1. The van der Waals surface area contributed by atoms with Gasteiger partial charge in [0.2, 0.25) is 23.6 Å². The molecule has 13 nitrogen and oxygen atoms in total. The molecule has 0 aliphatic carbocycles. The van der Waals surface area contributed by atoms with Crippen molar-refractivity contribution in [3.63, 3.8) is 0 Å². The number of carboxylic acid groups (broad SMARTS) is 1. The third-order valence-electron chi connectivity index (χ3n) is 5.31. The number of nitrogens with two attached hydrogens (primary N) is 2. The van der Waals surface area contributed by atoms with Crippen molar-refractivity contribution in [3.8, 4) is 0 Å². The maximum Gasteiger partial charge on any atom is 0.326 e. The second-order valence-corrected chi connectivity index (χ2v) is 8.05. The van der Waals surface area contributed by atoms with Gasteiger partial charge in [0, 0.05) is 29.9 Å². The lowest BCUT2D eigenvalue weighted by Crippen LogP contribution is -2.57. The molecule has 0 bridgehead atoms. The highest BCUT2D eigenvalue weighted by Gasteiger charge is 2.29. The van der Waals surface area contributed by atoms with Gasteiger partial charge >= 0.3 is 5.97 Å². The quantitative estimate of drug-likeness (QED) is 0.154. The van der Waals surface area contributed by atoms with E-state index in [1.165, 1.54) is 6.92 Å². The molecule has 35 heavy (non-hydrogen) atoms. The van der Waals surface area contributed by atoms with Gasteiger partial charge in [-0.1, -0.05) is 18.2 Å². The zero-order chi connectivity index (χ0) is 26.1. The lowest BCUT2D eigenvalue weighted by molar-refractivity contribution is -0.142. The Hall–Kier alpha value is -3.97. The van der Waals surface area contributed by atoms with Crippen LogP contribution in [0.25, 0.3) is 10.9 Å². The molecule has 190 valence electrons. The zero-order valence-electron chi connectivity index (χ0n) is 19.1. The molecule has 0 saturated carbocycles. The largest absolute Gasteiger partial charge is 0.480 e.